The lowest BCUT2D eigenvalue weighted by Crippen LogP contribution is -2.32. The molecular formula is C12H12ClN5OS. The summed E-state index contributed by atoms with van der Waals surface area (Å²) in [6.07, 6.45) is 0. The lowest BCUT2D eigenvalue weighted by molar-refractivity contribution is 0.861. The van der Waals surface area contributed by atoms with Gasteiger partial charge in [0.05, 0.1) is 11.4 Å². The van der Waals surface area contributed by atoms with E-state index in [1.54, 1.807) is 38.2 Å². The maximum atomic E-state index is 12.1. The molecule has 0 spiro atoms. The summed E-state index contributed by atoms with van der Waals surface area (Å²) in [5, 5.41) is 14.3. The Morgan fingerprint density at radius 2 is 2.20 bits per heavy atom. The molecule has 2 aromatic rings. The maximum Gasteiger partial charge on any atom is 0.301 e. The van der Waals surface area contributed by atoms with Gasteiger partial charge in [0.25, 0.3) is 0 Å². The lowest BCUT2D eigenvalue weighted by atomic mass is 10.3. The summed E-state index contributed by atoms with van der Waals surface area (Å²) >= 11 is 10.9. The zero-order valence-electron chi connectivity index (χ0n) is 10.8. The van der Waals surface area contributed by atoms with Gasteiger partial charge < -0.3 is 5.32 Å². The van der Waals surface area contributed by atoms with E-state index in [0.29, 0.717) is 16.4 Å². The highest BCUT2D eigenvalue weighted by Crippen LogP contribution is 2.20. The number of aromatic nitrogens is 2. The molecule has 1 aromatic carbocycles. The van der Waals surface area contributed by atoms with Gasteiger partial charge in [-0.15, -0.1) is 5.11 Å². The van der Waals surface area contributed by atoms with Crippen LogP contribution >= 0.6 is 23.8 Å². The number of azo groups is 1. The molecule has 0 saturated heterocycles. The van der Waals surface area contributed by atoms with E-state index >= 15 is 0 Å². The molecule has 8 heteroatoms. The number of nitrogens with one attached hydrogen (secondary N) is 2. The summed E-state index contributed by atoms with van der Waals surface area (Å²) in [7, 11) is 1.64. The summed E-state index contributed by atoms with van der Waals surface area (Å²) in [6, 6.07) is 6.90. The van der Waals surface area contributed by atoms with E-state index in [1.807, 2.05) is 0 Å². The Bertz CT molecular complexity index is 734. The molecule has 2 N–H and O–H groups in total. The predicted molar refractivity (Wildman–Crippen MR) is 82.5 cm³/mol. The second-order valence-corrected chi connectivity index (χ2v) is 4.78. The van der Waals surface area contributed by atoms with Crippen molar-refractivity contribution in [2.45, 2.75) is 6.92 Å². The van der Waals surface area contributed by atoms with Crippen molar-refractivity contribution < 1.29 is 0 Å². The van der Waals surface area contributed by atoms with Crippen LogP contribution in [0.25, 0.3) is 0 Å². The average molecular weight is 310 g/mol. The second-order valence-electron chi connectivity index (χ2n) is 3.96. The Morgan fingerprint density at radius 3 is 2.85 bits per heavy atom. The fraction of sp³-hybridized carbons (Fsp3) is 0.167. The van der Waals surface area contributed by atoms with Crippen LogP contribution in [0.2, 0.25) is 5.02 Å². The molecular weight excluding hydrogens is 298 g/mol. The van der Waals surface area contributed by atoms with Crippen molar-refractivity contribution in [3.63, 3.8) is 0 Å². The van der Waals surface area contributed by atoms with Gasteiger partial charge in [0.1, 0.15) is 0 Å². The van der Waals surface area contributed by atoms with Crippen LogP contribution in [0, 0.1) is 6.92 Å². The van der Waals surface area contributed by atoms with E-state index in [2.05, 4.69) is 20.6 Å². The van der Waals surface area contributed by atoms with Gasteiger partial charge in [-0.1, -0.05) is 17.7 Å². The molecule has 0 saturated carbocycles. The van der Waals surface area contributed by atoms with E-state index in [4.69, 9.17) is 23.8 Å². The SMILES string of the molecule is CNC(=S)n1[nH]c(C)c(N=Nc2cccc(Cl)c2)c1=O. The van der Waals surface area contributed by atoms with Gasteiger partial charge >= 0.3 is 5.56 Å². The minimum absolute atomic E-state index is 0.211. The molecule has 0 fully saturated rings. The summed E-state index contributed by atoms with van der Waals surface area (Å²) < 4.78 is 1.21. The summed E-state index contributed by atoms with van der Waals surface area (Å²) in [5.74, 6) is 0. The molecule has 0 bridgehead atoms. The summed E-state index contributed by atoms with van der Waals surface area (Å²) in [6.45, 7) is 1.72. The van der Waals surface area contributed by atoms with Crippen molar-refractivity contribution >= 4 is 40.3 Å². The zero-order chi connectivity index (χ0) is 14.7. The van der Waals surface area contributed by atoms with Crippen LogP contribution in [0.5, 0.6) is 0 Å². The number of hydrogen-bond acceptors (Lipinski definition) is 4. The third-order valence-corrected chi connectivity index (χ3v) is 3.15. The van der Waals surface area contributed by atoms with Gasteiger partial charge in [-0.25, -0.2) is 0 Å². The van der Waals surface area contributed by atoms with Crippen LogP contribution in [0.4, 0.5) is 11.4 Å². The minimum atomic E-state index is -0.354. The van der Waals surface area contributed by atoms with Gasteiger partial charge in [0.2, 0.25) is 0 Å². The second kappa shape index (κ2) is 5.98. The van der Waals surface area contributed by atoms with Gasteiger partial charge in [0.15, 0.2) is 10.8 Å². The van der Waals surface area contributed by atoms with Crippen molar-refractivity contribution in [2.75, 3.05) is 7.05 Å². The summed E-state index contributed by atoms with van der Waals surface area (Å²) in [4.78, 5) is 12.1. The molecule has 2 rings (SSSR count). The Balaban J connectivity index is 2.37. The number of halogens is 1. The highest BCUT2D eigenvalue weighted by molar-refractivity contribution is 7.80. The Labute approximate surface area is 125 Å². The first-order valence-corrected chi connectivity index (χ1v) is 6.52. The van der Waals surface area contributed by atoms with E-state index in [1.165, 1.54) is 4.68 Å². The van der Waals surface area contributed by atoms with Gasteiger partial charge in [-0.3, -0.25) is 9.89 Å². The number of benzene rings is 1. The number of aromatic amines is 1. The highest BCUT2D eigenvalue weighted by atomic mass is 35.5. The molecule has 20 heavy (non-hydrogen) atoms. The average Bonchev–Trinajstić information content (AvgIpc) is 2.71. The molecule has 1 heterocycles. The fourth-order valence-corrected chi connectivity index (χ4v) is 1.87. The predicted octanol–water partition coefficient (Wildman–Crippen LogP) is 2.91. The van der Waals surface area contributed by atoms with Crippen LogP contribution in [0.3, 0.4) is 0 Å². The maximum absolute atomic E-state index is 12.1. The molecule has 0 amide bonds. The molecule has 0 unspecified atom stereocenters. The molecule has 104 valence electrons. The number of rotatable bonds is 2. The number of nitrogens with zero attached hydrogens (tertiary/aromatic N) is 3. The number of hydrogen-bond donors (Lipinski definition) is 2. The minimum Gasteiger partial charge on any atom is -0.364 e. The Hall–Kier alpha value is -1.99. The standard InChI is InChI=1S/C12H12ClN5OS/c1-7-10(11(19)18(17-7)12(20)14-2)16-15-9-5-3-4-8(13)6-9/h3-6,17H,1-2H3,(H,14,20). The number of aryl methyl sites for hydroxylation is 1. The Kier molecular flexibility index (Phi) is 4.31. The van der Waals surface area contributed by atoms with Gasteiger partial charge in [-0.05, 0) is 37.3 Å². The van der Waals surface area contributed by atoms with Crippen molar-refractivity contribution in [1.82, 2.24) is 15.1 Å². The third kappa shape index (κ3) is 2.94. The van der Waals surface area contributed by atoms with Crippen molar-refractivity contribution in [2.24, 2.45) is 10.2 Å². The van der Waals surface area contributed by atoms with Crippen LogP contribution < -0.4 is 10.9 Å². The first-order chi connectivity index (χ1) is 9.52. The van der Waals surface area contributed by atoms with E-state index in [-0.39, 0.29) is 16.4 Å². The number of thiocarbonyl (C=S) groups is 1. The number of H-pyrrole nitrogens is 1. The van der Waals surface area contributed by atoms with E-state index < -0.39 is 0 Å². The monoisotopic (exact) mass is 309 g/mol. The van der Waals surface area contributed by atoms with E-state index in [9.17, 15) is 4.79 Å². The van der Waals surface area contributed by atoms with E-state index in [0.717, 1.165) is 0 Å². The quantitative estimate of drug-likeness (QED) is 0.661. The largest absolute Gasteiger partial charge is 0.364 e. The lowest BCUT2D eigenvalue weighted by Gasteiger charge is -2.00. The van der Waals surface area contributed by atoms with Crippen LogP contribution in [-0.4, -0.2) is 21.9 Å². The molecule has 0 aliphatic rings. The molecule has 0 radical (unpaired) electrons. The van der Waals surface area contributed by atoms with Crippen LogP contribution in [0.15, 0.2) is 39.3 Å². The van der Waals surface area contributed by atoms with Gasteiger partial charge in [0, 0.05) is 12.1 Å². The first kappa shape index (κ1) is 14.4. The van der Waals surface area contributed by atoms with Crippen molar-refractivity contribution in [1.29, 1.82) is 0 Å². The highest BCUT2D eigenvalue weighted by Gasteiger charge is 2.12. The smallest absolute Gasteiger partial charge is 0.301 e. The Morgan fingerprint density at radius 1 is 1.45 bits per heavy atom. The summed E-state index contributed by atoms with van der Waals surface area (Å²) in [5.41, 5.74) is 1.01. The van der Waals surface area contributed by atoms with Crippen molar-refractivity contribution in [3.05, 3.63) is 45.3 Å². The van der Waals surface area contributed by atoms with Crippen molar-refractivity contribution in [3.8, 4) is 0 Å². The normalized spacial score (nSPS) is 10.9. The molecule has 0 aliphatic carbocycles. The molecule has 0 aliphatic heterocycles. The molecule has 6 nitrogen and oxygen atoms in total. The fourth-order valence-electron chi connectivity index (χ4n) is 1.56. The molecule has 0 atom stereocenters. The van der Waals surface area contributed by atoms with Gasteiger partial charge in [-0.2, -0.15) is 9.80 Å². The third-order valence-electron chi connectivity index (χ3n) is 2.53. The topological polar surface area (TPSA) is 74.5 Å². The van der Waals surface area contributed by atoms with Crippen LogP contribution in [0.1, 0.15) is 5.69 Å². The zero-order valence-corrected chi connectivity index (χ0v) is 12.4. The van der Waals surface area contributed by atoms with Crippen LogP contribution in [-0.2, 0) is 0 Å². The molecule has 1 aromatic heterocycles. The first-order valence-electron chi connectivity index (χ1n) is 5.74.